The zero-order valence-corrected chi connectivity index (χ0v) is 15.1. The summed E-state index contributed by atoms with van der Waals surface area (Å²) in [5.41, 5.74) is 6.23. The van der Waals surface area contributed by atoms with Crippen LogP contribution in [0.4, 0.5) is 4.39 Å². The van der Waals surface area contributed by atoms with Gasteiger partial charge < -0.3 is 16.4 Å². The molecule has 2 rings (SSSR count). The first-order chi connectivity index (χ1) is 11.6. The molecule has 1 aromatic heterocycles. The third-order valence-corrected chi connectivity index (χ3v) is 4.08. The molecule has 0 spiro atoms. The van der Waals surface area contributed by atoms with Crippen LogP contribution >= 0.6 is 23.7 Å². The summed E-state index contributed by atoms with van der Waals surface area (Å²) >= 11 is 1.41. The minimum atomic E-state index is -0.383. The lowest BCUT2D eigenvalue weighted by Gasteiger charge is -2.06. The molecular formula is C16H20ClFN4O2S. The first-order valence-electron chi connectivity index (χ1n) is 7.56. The number of thiazole rings is 1. The minimum Gasteiger partial charge on any atom is -0.352 e. The van der Waals surface area contributed by atoms with E-state index in [1.165, 1.54) is 35.6 Å². The van der Waals surface area contributed by atoms with Gasteiger partial charge in [0.1, 0.15) is 11.5 Å². The van der Waals surface area contributed by atoms with Crippen LogP contribution in [0.3, 0.4) is 0 Å². The van der Waals surface area contributed by atoms with Crippen LogP contribution in [0.15, 0.2) is 29.6 Å². The SMILES string of the molecule is Cl.NCCc1nc(C(=O)NCCCNC(=O)c2ccc(F)cc2)cs1. The fourth-order valence-electron chi connectivity index (χ4n) is 1.94. The molecule has 0 atom stereocenters. The van der Waals surface area contributed by atoms with Crippen LogP contribution in [-0.4, -0.2) is 36.4 Å². The number of aromatic nitrogens is 1. The van der Waals surface area contributed by atoms with Crippen molar-refractivity contribution in [1.29, 1.82) is 0 Å². The molecule has 0 saturated heterocycles. The smallest absolute Gasteiger partial charge is 0.270 e. The van der Waals surface area contributed by atoms with E-state index in [1.54, 1.807) is 5.38 Å². The van der Waals surface area contributed by atoms with Crippen LogP contribution in [0.25, 0.3) is 0 Å². The van der Waals surface area contributed by atoms with E-state index in [9.17, 15) is 14.0 Å². The molecule has 2 amide bonds. The number of nitrogens with two attached hydrogens (primary N) is 1. The number of hydrogen-bond acceptors (Lipinski definition) is 5. The Bertz CT molecular complexity index is 694. The van der Waals surface area contributed by atoms with Crippen LogP contribution in [-0.2, 0) is 6.42 Å². The van der Waals surface area contributed by atoms with E-state index in [2.05, 4.69) is 15.6 Å². The summed E-state index contributed by atoms with van der Waals surface area (Å²) in [6, 6.07) is 5.32. The van der Waals surface area contributed by atoms with Crippen molar-refractivity contribution in [3.8, 4) is 0 Å². The second-order valence-electron chi connectivity index (χ2n) is 5.04. The van der Waals surface area contributed by atoms with Gasteiger partial charge in [-0.3, -0.25) is 9.59 Å². The van der Waals surface area contributed by atoms with E-state index in [0.717, 1.165) is 5.01 Å². The summed E-state index contributed by atoms with van der Waals surface area (Å²) < 4.78 is 12.8. The Balaban J connectivity index is 0.00000312. The maximum Gasteiger partial charge on any atom is 0.270 e. The van der Waals surface area contributed by atoms with Gasteiger partial charge in [-0.05, 0) is 37.2 Å². The molecule has 0 bridgehead atoms. The van der Waals surface area contributed by atoms with Crippen molar-refractivity contribution in [3.63, 3.8) is 0 Å². The maximum atomic E-state index is 12.8. The topological polar surface area (TPSA) is 97.1 Å². The zero-order chi connectivity index (χ0) is 17.4. The molecule has 6 nitrogen and oxygen atoms in total. The van der Waals surface area contributed by atoms with Gasteiger partial charge in [-0.2, -0.15) is 0 Å². The quantitative estimate of drug-likeness (QED) is 0.602. The lowest BCUT2D eigenvalue weighted by atomic mass is 10.2. The average molecular weight is 387 g/mol. The van der Waals surface area contributed by atoms with E-state index in [1.807, 2.05) is 0 Å². The van der Waals surface area contributed by atoms with E-state index in [-0.39, 0.29) is 30.0 Å². The molecule has 1 heterocycles. The summed E-state index contributed by atoms with van der Waals surface area (Å²) in [6.45, 7) is 1.33. The normalized spacial score (nSPS) is 10.0. The van der Waals surface area contributed by atoms with Gasteiger partial charge in [0.25, 0.3) is 11.8 Å². The summed E-state index contributed by atoms with van der Waals surface area (Å²) in [5, 5.41) is 8.01. The summed E-state index contributed by atoms with van der Waals surface area (Å²) in [7, 11) is 0. The first-order valence-corrected chi connectivity index (χ1v) is 8.44. The molecule has 4 N–H and O–H groups in total. The number of carbonyl (C=O) groups is 2. The molecular weight excluding hydrogens is 367 g/mol. The Labute approximate surface area is 155 Å². The predicted octanol–water partition coefficient (Wildman–Crippen LogP) is 1.76. The number of hydrogen-bond donors (Lipinski definition) is 3. The molecule has 0 unspecified atom stereocenters. The number of carbonyl (C=O) groups excluding carboxylic acids is 2. The molecule has 25 heavy (non-hydrogen) atoms. The van der Waals surface area contributed by atoms with Crippen LogP contribution in [0.1, 0.15) is 32.3 Å². The fraction of sp³-hybridized carbons (Fsp3) is 0.312. The molecule has 1 aromatic carbocycles. The van der Waals surface area contributed by atoms with Gasteiger partial charge in [0, 0.05) is 30.5 Å². The maximum absolute atomic E-state index is 12.8. The van der Waals surface area contributed by atoms with E-state index < -0.39 is 0 Å². The van der Waals surface area contributed by atoms with Crippen LogP contribution < -0.4 is 16.4 Å². The van der Waals surface area contributed by atoms with Gasteiger partial charge in [0.05, 0.1) is 5.01 Å². The summed E-state index contributed by atoms with van der Waals surface area (Å²) in [6.07, 6.45) is 1.24. The largest absolute Gasteiger partial charge is 0.352 e. The van der Waals surface area contributed by atoms with Gasteiger partial charge in [-0.25, -0.2) is 9.37 Å². The first kappa shape index (κ1) is 21.0. The summed E-state index contributed by atoms with van der Waals surface area (Å²) in [5.74, 6) is -0.891. The van der Waals surface area contributed by atoms with Gasteiger partial charge in [0.15, 0.2) is 0 Å². The number of halogens is 2. The molecule has 0 aliphatic carbocycles. The van der Waals surface area contributed by atoms with Crippen molar-refractivity contribution in [2.45, 2.75) is 12.8 Å². The molecule has 9 heteroatoms. The van der Waals surface area contributed by atoms with Crippen molar-refractivity contribution >= 4 is 35.6 Å². The molecule has 0 aliphatic rings. The average Bonchev–Trinajstić information content (AvgIpc) is 3.04. The second kappa shape index (κ2) is 10.8. The number of nitrogens with zero attached hydrogens (tertiary/aromatic N) is 1. The summed E-state index contributed by atoms with van der Waals surface area (Å²) in [4.78, 5) is 27.9. The molecule has 136 valence electrons. The van der Waals surface area contributed by atoms with Gasteiger partial charge in [-0.15, -0.1) is 23.7 Å². The third kappa shape index (κ3) is 6.77. The highest BCUT2D eigenvalue weighted by Crippen LogP contribution is 2.09. The molecule has 0 radical (unpaired) electrons. The second-order valence-corrected chi connectivity index (χ2v) is 5.98. The Hall–Kier alpha value is -2.03. The Morgan fingerprint density at radius 1 is 1.12 bits per heavy atom. The monoisotopic (exact) mass is 386 g/mol. The van der Waals surface area contributed by atoms with Crippen molar-refractivity contribution in [3.05, 3.63) is 51.7 Å². The van der Waals surface area contributed by atoms with Crippen molar-refractivity contribution < 1.29 is 14.0 Å². The Kier molecular flexibility index (Phi) is 9.04. The standard InChI is InChI=1S/C16H19FN4O2S.ClH/c17-12-4-2-11(3-5-12)15(22)19-8-1-9-20-16(23)13-10-24-14(21-13)6-7-18;/h2-5,10H,1,6-9,18H2,(H,19,22)(H,20,23);1H. The lowest BCUT2D eigenvalue weighted by Crippen LogP contribution is -2.30. The highest BCUT2D eigenvalue weighted by atomic mass is 35.5. The fourth-order valence-corrected chi connectivity index (χ4v) is 2.73. The molecule has 2 aromatic rings. The van der Waals surface area contributed by atoms with E-state index in [4.69, 9.17) is 5.73 Å². The van der Waals surface area contributed by atoms with E-state index in [0.29, 0.717) is 43.7 Å². The van der Waals surface area contributed by atoms with Crippen LogP contribution in [0.5, 0.6) is 0 Å². The molecule has 0 aliphatic heterocycles. The van der Waals surface area contributed by atoms with Gasteiger partial charge >= 0.3 is 0 Å². The van der Waals surface area contributed by atoms with Crippen LogP contribution in [0.2, 0.25) is 0 Å². The number of rotatable bonds is 8. The van der Waals surface area contributed by atoms with Gasteiger partial charge in [0.2, 0.25) is 0 Å². The number of nitrogens with one attached hydrogen (secondary N) is 2. The molecule has 0 fully saturated rings. The van der Waals surface area contributed by atoms with E-state index >= 15 is 0 Å². The predicted molar refractivity (Wildman–Crippen MR) is 97.8 cm³/mol. The highest BCUT2D eigenvalue weighted by Gasteiger charge is 2.10. The lowest BCUT2D eigenvalue weighted by molar-refractivity contribution is 0.0948. The Morgan fingerprint density at radius 2 is 1.76 bits per heavy atom. The number of amides is 2. The number of benzene rings is 1. The van der Waals surface area contributed by atoms with Crippen molar-refractivity contribution in [2.75, 3.05) is 19.6 Å². The van der Waals surface area contributed by atoms with Crippen molar-refractivity contribution in [1.82, 2.24) is 15.6 Å². The van der Waals surface area contributed by atoms with Gasteiger partial charge in [-0.1, -0.05) is 0 Å². The third-order valence-electron chi connectivity index (χ3n) is 3.17. The zero-order valence-electron chi connectivity index (χ0n) is 13.5. The molecule has 0 saturated carbocycles. The highest BCUT2D eigenvalue weighted by molar-refractivity contribution is 7.09. The minimum absolute atomic E-state index is 0. The van der Waals surface area contributed by atoms with Crippen LogP contribution in [0, 0.1) is 5.82 Å². The Morgan fingerprint density at radius 3 is 2.40 bits per heavy atom. The van der Waals surface area contributed by atoms with Crippen molar-refractivity contribution in [2.24, 2.45) is 5.73 Å².